The van der Waals surface area contributed by atoms with E-state index in [2.05, 4.69) is 0 Å². The minimum absolute atomic E-state index is 0.0182. The number of sulfonamides is 1. The predicted molar refractivity (Wildman–Crippen MR) is 83.6 cm³/mol. The van der Waals surface area contributed by atoms with Gasteiger partial charge in [-0.25, -0.2) is 16.8 Å². The van der Waals surface area contributed by atoms with Crippen LogP contribution in [-0.2, 0) is 19.9 Å². The standard InChI is InChI=1S/C14H23NO4S2/c1-6-12(7-2)15(4)21(18,19)14-10-13(20(5,16)17)9-8-11(14)3/h8-10,12H,6-7H2,1-5H3. The predicted octanol–water partition coefficient (Wildman–Crippen LogP) is 2.21. The minimum atomic E-state index is -3.71. The largest absolute Gasteiger partial charge is 0.243 e. The number of sulfone groups is 1. The van der Waals surface area contributed by atoms with Gasteiger partial charge in [0.05, 0.1) is 9.79 Å². The van der Waals surface area contributed by atoms with Gasteiger partial charge in [0.2, 0.25) is 10.0 Å². The van der Waals surface area contributed by atoms with Gasteiger partial charge < -0.3 is 0 Å². The van der Waals surface area contributed by atoms with Crippen molar-refractivity contribution in [2.75, 3.05) is 13.3 Å². The minimum Gasteiger partial charge on any atom is -0.224 e. The quantitative estimate of drug-likeness (QED) is 0.800. The van der Waals surface area contributed by atoms with E-state index in [9.17, 15) is 16.8 Å². The SMILES string of the molecule is CCC(CC)N(C)S(=O)(=O)c1cc(S(C)(=O)=O)ccc1C. The van der Waals surface area contributed by atoms with Crippen LogP contribution in [0.15, 0.2) is 28.0 Å². The van der Waals surface area contributed by atoms with Gasteiger partial charge in [-0.2, -0.15) is 4.31 Å². The molecule has 0 N–H and O–H groups in total. The van der Waals surface area contributed by atoms with Crippen LogP contribution in [-0.4, -0.2) is 40.5 Å². The van der Waals surface area contributed by atoms with Gasteiger partial charge in [0.15, 0.2) is 9.84 Å². The van der Waals surface area contributed by atoms with Crippen molar-refractivity contribution < 1.29 is 16.8 Å². The zero-order valence-electron chi connectivity index (χ0n) is 13.1. The molecule has 0 spiro atoms. The lowest BCUT2D eigenvalue weighted by Gasteiger charge is -2.26. The Kier molecular flexibility index (Phi) is 5.57. The number of nitrogens with zero attached hydrogens (tertiary/aromatic N) is 1. The third-order valence-corrected chi connectivity index (χ3v) is 6.86. The molecule has 0 unspecified atom stereocenters. The van der Waals surface area contributed by atoms with E-state index < -0.39 is 19.9 Å². The number of hydrogen-bond acceptors (Lipinski definition) is 4. The highest BCUT2D eigenvalue weighted by atomic mass is 32.2. The first kappa shape index (κ1) is 18.1. The molecule has 0 aliphatic carbocycles. The van der Waals surface area contributed by atoms with Gasteiger partial charge in [-0.1, -0.05) is 19.9 Å². The molecule has 0 amide bonds. The summed E-state index contributed by atoms with van der Waals surface area (Å²) in [6, 6.07) is 4.11. The van der Waals surface area contributed by atoms with Gasteiger partial charge in [0.25, 0.3) is 0 Å². The Morgan fingerprint density at radius 3 is 2.05 bits per heavy atom. The lowest BCUT2D eigenvalue weighted by Crippen LogP contribution is -2.36. The lowest BCUT2D eigenvalue weighted by molar-refractivity contribution is 0.349. The molecular weight excluding hydrogens is 310 g/mol. The fourth-order valence-electron chi connectivity index (χ4n) is 2.24. The molecule has 0 aliphatic heterocycles. The van der Waals surface area contributed by atoms with Crippen LogP contribution < -0.4 is 0 Å². The molecule has 0 radical (unpaired) electrons. The fourth-order valence-corrected chi connectivity index (χ4v) is 4.72. The molecule has 0 fully saturated rings. The number of aryl methyl sites for hydroxylation is 1. The van der Waals surface area contributed by atoms with Crippen LogP contribution in [0.4, 0.5) is 0 Å². The van der Waals surface area contributed by atoms with Crippen LogP contribution in [0, 0.1) is 6.92 Å². The summed E-state index contributed by atoms with van der Waals surface area (Å²) in [5.41, 5.74) is 0.542. The summed E-state index contributed by atoms with van der Waals surface area (Å²) in [6.45, 7) is 5.53. The van der Waals surface area contributed by atoms with Crippen LogP contribution >= 0.6 is 0 Å². The first-order valence-electron chi connectivity index (χ1n) is 6.84. The summed E-state index contributed by atoms with van der Waals surface area (Å²) in [5, 5.41) is 0. The maximum atomic E-state index is 12.7. The first-order valence-corrected chi connectivity index (χ1v) is 10.2. The topological polar surface area (TPSA) is 71.5 Å². The second-order valence-electron chi connectivity index (χ2n) is 5.19. The lowest BCUT2D eigenvalue weighted by atomic mass is 10.2. The van der Waals surface area contributed by atoms with Crippen LogP contribution in [0.25, 0.3) is 0 Å². The van der Waals surface area contributed by atoms with Crippen molar-refractivity contribution in [2.45, 2.75) is 49.4 Å². The third kappa shape index (κ3) is 3.84. The molecule has 1 aromatic carbocycles. The van der Waals surface area contributed by atoms with Crippen molar-refractivity contribution >= 4 is 19.9 Å². The van der Waals surface area contributed by atoms with Crippen molar-refractivity contribution in [3.8, 4) is 0 Å². The molecule has 120 valence electrons. The highest BCUT2D eigenvalue weighted by Crippen LogP contribution is 2.25. The van der Waals surface area contributed by atoms with Crippen molar-refractivity contribution in [1.82, 2.24) is 4.31 Å². The Hall–Kier alpha value is -0.920. The average molecular weight is 333 g/mol. The molecule has 7 heteroatoms. The Labute approximate surface area is 127 Å². The number of rotatable bonds is 6. The van der Waals surface area contributed by atoms with E-state index in [0.717, 1.165) is 6.26 Å². The van der Waals surface area contributed by atoms with Crippen LogP contribution in [0.2, 0.25) is 0 Å². The summed E-state index contributed by atoms with van der Waals surface area (Å²) in [4.78, 5) is 0.0736. The van der Waals surface area contributed by atoms with Gasteiger partial charge >= 0.3 is 0 Å². The van der Waals surface area contributed by atoms with Gasteiger partial charge in [-0.05, 0) is 37.5 Å². The van der Waals surface area contributed by atoms with Crippen molar-refractivity contribution in [1.29, 1.82) is 0 Å². The third-order valence-electron chi connectivity index (χ3n) is 3.70. The van der Waals surface area contributed by atoms with Gasteiger partial charge in [0, 0.05) is 19.3 Å². The maximum absolute atomic E-state index is 12.7. The smallest absolute Gasteiger partial charge is 0.224 e. The van der Waals surface area contributed by atoms with E-state index in [-0.39, 0.29) is 15.8 Å². The van der Waals surface area contributed by atoms with E-state index in [1.165, 1.54) is 22.5 Å². The molecule has 21 heavy (non-hydrogen) atoms. The van der Waals surface area contributed by atoms with Crippen molar-refractivity contribution in [2.24, 2.45) is 0 Å². The monoisotopic (exact) mass is 333 g/mol. The van der Waals surface area contributed by atoms with Crippen LogP contribution in [0.5, 0.6) is 0 Å². The van der Waals surface area contributed by atoms with Gasteiger partial charge in [-0.3, -0.25) is 0 Å². The molecular formula is C14H23NO4S2. The summed E-state index contributed by atoms with van der Waals surface area (Å²) in [5.74, 6) is 0. The normalized spacial score (nSPS) is 13.1. The first-order chi connectivity index (χ1) is 9.55. The summed E-state index contributed by atoms with van der Waals surface area (Å²) in [6.07, 6.45) is 2.48. The molecule has 5 nitrogen and oxygen atoms in total. The zero-order chi connectivity index (χ0) is 16.4. The summed E-state index contributed by atoms with van der Waals surface area (Å²) < 4.78 is 50.0. The van der Waals surface area contributed by atoms with Gasteiger partial charge in [-0.15, -0.1) is 0 Å². The molecule has 0 saturated heterocycles. The Morgan fingerprint density at radius 1 is 1.10 bits per heavy atom. The molecule has 0 bridgehead atoms. The molecule has 0 aliphatic rings. The second-order valence-corrected chi connectivity index (χ2v) is 9.17. The van der Waals surface area contributed by atoms with Crippen molar-refractivity contribution in [3.05, 3.63) is 23.8 Å². The molecule has 0 heterocycles. The molecule has 0 atom stereocenters. The van der Waals surface area contributed by atoms with E-state index in [0.29, 0.717) is 18.4 Å². The number of hydrogen-bond donors (Lipinski definition) is 0. The van der Waals surface area contributed by atoms with E-state index >= 15 is 0 Å². The van der Waals surface area contributed by atoms with Crippen LogP contribution in [0.3, 0.4) is 0 Å². The average Bonchev–Trinajstić information content (AvgIpc) is 2.38. The van der Waals surface area contributed by atoms with Crippen molar-refractivity contribution in [3.63, 3.8) is 0 Å². The number of benzene rings is 1. The highest BCUT2D eigenvalue weighted by molar-refractivity contribution is 7.91. The Bertz CT molecular complexity index is 704. The Balaban J connectivity index is 3.45. The van der Waals surface area contributed by atoms with E-state index in [1.807, 2.05) is 13.8 Å². The van der Waals surface area contributed by atoms with E-state index in [1.54, 1.807) is 14.0 Å². The summed E-state index contributed by atoms with van der Waals surface area (Å²) >= 11 is 0. The molecule has 1 rings (SSSR count). The maximum Gasteiger partial charge on any atom is 0.243 e. The highest BCUT2D eigenvalue weighted by Gasteiger charge is 2.28. The summed E-state index contributed by atoms with van der Waals surface area (Å²) in [7, 11) is -5.61. The van der Waals surface area contributed by atoms with Gasteiger partial charge in [0.1, 0.15) is 0 Å². The fraction of sp³-hybridized carbons (Fsp3) is 0.571. The molecule has 0 saturated carbocycles. The second kappa shape index (κ2) is 6.46. The Morgan fingerprint density at radius 2 is 1.62 bits per heavy atom. The molecule has 1 aromatic rings. The zero-order valence-corrected chi connectivity index (χ0v) is 14.8. The molecule has 0 aromatic heterocycles. The van der Waals surface area contributed by atoms with Crippen LogP contribution in [0.1, 0.15) is 32.3 Å². The van der Waals surface area contributed by atoms with E-state index in [4.69, 9.17) is 0 Å².